The first-order valence-corrected chi connectivity index (χ1v) is 7.37. The molecule has 0 aliphatic heterocycles. The highest BCUT2D eigenvalue weighted by atomic mass is 32.1. The SMILES string of the molecule is COC(CNC(=O)c1ccccc1C(F)(F)F)c1ccsc1. The Bertz CT molecular complexity index is 626. The molecule has 1 amide bonds. The lowest BCUT2D eigenvalue weighted by Gasteiger charge is -2.16. The topological polar surface area (TPSA) is 38.3 Å². The lowest BCUT2D eigenvalue weighted by molar-refractivity contribution is -0.137. The van der Waals surface area contributed by atoms with Gasteiger partial charge in [-0.05, 0) is 34.5 Å². The Morgan fingerprint density at radius 2 is 2.05 bits per heavy atom. The first-order valence-electron chi connectivity index (χ1n) is 6.42. The second kappa shape index (κ2) is 6.93. The molecule has 2 rings (SSSR count). The van der Waals surface area contributed by atoms with E-state index in [1.54, 1.807) is 0 Å². The van der Waals surface area contributed by atoms with Crippen LogP contribution in [0.1, 0.15) is 27.6 Å². The van der Waals surface area contributed by atoms with Crippen LogP contribution in [-0.2, 0) is 10.9 Å². The van der Waals surface area contributed by atoms with Crippen molar-refractivity contribution in [1.29, 1.82) is 0 Å². The van der Waals surface area contributed by atoms with E-state index in [1.165, 1.54) is 30.6 Å². The summed E-state index contributed by atoms with van der Waals surface area (Å²) < 4.78 is 43.9. The van der Waals surface area contributed by atoms with E-state index in [-0.39, 0.29) is 6.54 Å². The van der Waals surface area contributed by atoms with E-state index in [4.69, 9.17) is 4.74 Å². The highest BCUT2D eigenvalue weighted by Crippen LogP contribution is 2.31. The van der Waals surface area contributed by atoms with E-state index in [2.05, 4.69) is 5.32 Å². The summed E-state index contributed by atoms with van der Waals surface area (Å²) in [4.78, 5) is 12.0. The van der Waals surface area contributed by atoms with Crippen molar-refractivity contribution >= 4 is 17.2 Å². The van der Waals surface area contributed by atoms with Crippen molar-refractivity contribution in [2.75, 3.05) is 13.7 Å². The van der Waals surface area contributed by atoms with Crippen LogP contribution in [0.5, 0.6) is 0 Å². The van der Waals surface area contributed by atoms with Crippen molar-refractivity contribution in [3.05, 3.63) is 57.8 Å². The third-order valence-corrected chi connectivity index (χ3v) is 3.83. The van der Waals surface area contributed by atoms with Gasteiger partial charge in [-0.2, -0.15) is 24.5 Å². The average molecular weight is 329 g/mol. The molecule has 1 atom stereocenters. The van der Waals surface area contributed by atoms with Crippen LogP contribution in [0.25, 0.3) is 0 Å². The van der Waals surface area contributed by atoms with Gasteiger partial charge in [-0.15, -0.1) is 0 Å². The maximum atomic E-state index is 12.9. The molecule has 1 unspecified atom stereocenters. The van der Waals surface area contributed by atoms with Gasteiger partial charge in [-0.1, -0.05) is 12.1 Å². The number of hydrogen-bond acceptors (Lipinski definition) is 3. The molecule has 0 spiro atoms. The Morgan fingerprint density at radius 1 is 1.32 bits per heavy atom. The zero-order valence-corrected chi connectivity index (χ0v) is 12.5. The van der Waals surface area contributed by atoms with Crippen molar-refractivity contribution < 1.29 is 22.7 Å². The van der Waals surface area contributed by atoms with Crippen LogP contribution in [0.15, 0.2) is 41.1 Å². The first-order chi connectivity index (χ1) is 10.4. The molecule has 1 aromatic heterocycles. The van der Waals surface area contributed by atoms with Gasteiger partial charge in [0.05, 0.1) is 11.1 Å². The Morgan fingerprint density at radius 3 is 2.64 bits per heavy atom. The fourth-order valence-electron chi connectivity index (χ4n) is 2.00. The van der Waals surface area contributed by atoms with Crippen molar-refractivity contribution in [3.63, 3.8) is 0 Å². The summed E-state index contributed by atoms with van der Waals surface area (Å²) in [6, 6.07) is 6.54. The lowest BCUT2D eigenvalue weighted by atomic mass is 10.1. The highest BCUT2D eigenvalue weighted by molar-refractivity contribution is 7.07. The summed E-state index contributed by atoms with van der Waals surface area (Å²) in [5.41, 5.74) is -0.468. The second-order valence-corrected chi connectivity index (χ2v) is 5.31. The number of halogens is 3. The number of ether oxygens (including phenoxy) is 1. The number of methoxy groups -OCH3 is 1. The standard InChI is InChI=1S/C15H14F3NO2S/c1-21-13(10-6-7-22-9-10)8-19-14(20)11-4-2-3-5-12(11)15(16,17)18/h2-7,9,13H,8H2,1H3,(H,19,20). The Balaban J connectivity index is 2.10. The fourth-order valence-corrected chi connectivity index (χ4v) is 2.71. The van der Waals surface area contributed by atoms with Gasteiger partial charge in [-0.3, -0.25) is 4.79 Å². The fraction of sp³-hybridized carbons (Fsp3) is 0.267. The maximum absolute atomic E-state index is 12.9. The zero-order valence-electron chi connectivity index (χ0n) is 11.7. The van der Waals surface area contributed by atoms with Gasteiger partial charge in [0.2, 0.25) is 0 Å². The van der Waals surface area contributed by atoms with Crippen LogP contribution in [0.4, 0.5) is 13.2 Å². The molecule has 0 aliphatic rings. The third kappa shape index (κ3) is 3.86. The van der Waals surface area contributed by atoms with E-state index >= 15 is 0 Å². The molecule has 7 heteroatoms. The van der Waals surface area contributed by atoms with E-state index in [0.29, 0.717) is 0 Å². The number of amides is 1. The van der Waals surface area contributed by atoms with Crippen LogP contribution < -0.4 is 5.32 Å². The smallest absolute Gasteiger partial charge is 0.375 e. The predicted molar refractivity (Wildman–Crippen MR) is 77.8 cm³/mol. The molecule has 3 nitrogen and oxygen atoms in total. The van der Waals surface area contributed by atoms with Crippen LogP contribution in [0, 0.1) is 0 Å². The van der Waals surface area contributed by atoms with Crippen LogP contribution in [-0.4, -0.2) is 19.6 Å². The molecular weight excluding hydrogens is 315 g/mol. The minimum atomic E-state index is -4.57. The Hall–Kier alpha value is -1.86. The number of nitrogens with one attached hydrogen (secondary N) is 1. The van der Waals surface area contributed by atoms with E-state index in [9.17, 15) is 18.0 Å². The number of hydrogen-bond donors (Lipinski definition) is 1. The summed E-state index contributed by atoms with van der Waals surface area (Å²) in [7, 11) is 1.48. The second-order valence-electron chi connectivity index (χ2n) is 4.53. The molecule has 0 bridgehead atoms. The molecule has 0 aliphatic carbocycles. The molecule has 0 saturated heterocycles. The summed E-state index contributed by atoms with van der Waals surface area (Å²) >= 11 is 1.48. The summed E-state index contributed by atoms with van der Waals surface area (Å²) in [6.45, 7) is 0.0955. The average Bonchev–Trinajstić information content (AvgIpc) is 3.01. The van der Waals surface area contributed by atoms with Crippen LogP contribution in [0.3, 0.4) is 0 Å². The molecule has 0 radical (unpaired) electrons. The summed E-state index contributed by atoms with van der Waals surface area (Å²) in [6.07, 6.45) is -4.96. The van der Waals surface area contributed by atoms with E-state index in [0.717, 1.165) is 17.7 Å². The summed E-state index contributed by atoms with van der Waals surface area (Å²) in [5, 5.41) is 6.22. The lowest BCUT2D eigenvalue weighted by Crippen LogP contribution is -2.30. The van der Waals surface area contributed by atoms with Crippen LogP contribution >= 0.6 is 11.3 Å². The number of benzene rings is 1. The Labute approximate surface area is 129 Å². The molecule has 1 aromatic carbocycles. The number of rotatable bonds is 5. The van der Waals surface area contributed by atoms with E-state index in [1.807, 2.05) is 16.8 Å². The van der Waals surface area contributed by atoms with Gasteiger partial charge in [0.25, 0.3) is 5.91 Å². The zero-order chi connectivity index (χ0) is 16.2. The van der Waals surface area contributed by atoms with Crippen molar-refractivity contribution in [2.45, 2.75) is 12.3 Å². The molecule has 118 valence electrons. The van der Waals surface area contributed by atoms with Crippen molar-refractivity contribution in [2.24, 2.45) is 0 Å². The van der Waals surface area contributed by atoms with Gasteiger partial charge >= 0.3 is 6.18 Å². The molecule has 0 saturated carbocycles. The van der Waals surface area contributed by atoms with Gasteiger partial charge < -0.3 is 10.1 Å². The van der Waals surface area contributed by atoms with Crippen molar-refractivity contribution in [1.82, 2.24) is 5.32 Å². The monoisotopic (exact) mass is 329 g/mol. The van der Waals surface area contributed by atoms with Crippen LogP contribution in [0.2, 0.25) is 0 Å². The van der Waals surface area contributed by atoms with Gasteiger partial charge in [0.15, 0.2) is 0 Å². The predicted octanol–water partition coefficient (Wildman–Crippen LogP) is 3.88. The van der Waals surface area contributed by atoms with E-state index < -0.39 is 29.3 Å². The molecule has 2 aromatic rings. The minimum absolute atomic E-state index is 0.0955. The number of thiophene rings is 1. The molecule has 1 heterocycles. The molecular formula is C15H14F3NO2S. The highest BCUT2D eigenvalue weighted by Gasteiger charge is 2.34. The molecule has 0 fully saturated rings. The molecule has 22 heavy (non-hydrogen) atoms. The van der Waals surface area contributed by atoms with Gasteiger partial charge in [-0.25, -0.2) is 0 Å². The minimum Gasteiger partial charge on any atom is -0.375 e. The maximum Gasteiger partial charge on any atom is 0.417 e. The molecule has 1 N–H and O–H groups in total. The largest absolute Gasteiger partial charge is 0.417 e. The number of alkyl halides is 3. The van der Waals surface area contributed by atoms with Gasteiger partial charge in [0, 0.05) is 13.7 Å². The first kappa shape index (κ1) is 16.5. The quantitative estimate of drug-likeness (QED) is 0.904. The third-order valence-electron chi connectivity index (χ3n) is 3.12. The number of carbonyl (C=O) groups is 1. The Kier molecular flexibility index (Phi) is 5.20. The van der Waals surface area contributed by atoms with Crippen molar-refractivity contribution in [3.8, 4) is 0 Å². The van der Waals surface area contributed by atoms with Gasteiger partial charge in [0.1, 0.15) is 6.10 Å². The normalized spacial score (nSPS) is 12.9. The number of carbonyl (C=O) groups excluding carboxylic acids is 1. The summed E-state index contributed by atoms with van der Waals surface area (Å²) in [5.74, 6) is -0.773.